The summed E-state index contributed by atoms with van der Waals surface area (Å²) in [6, 6.07) is 6.50. The van der Waals surface area contributed by atoms with Crippen molar-refractivity contribution in [3.63, 3.8) is 0 Å². The third kappa shape index (κ3) is 3.70. The molecule has 0 bridgehead atoms. The Morgan fingerprint density at radius 1 is 1.17 bits per heavy atom. The van der Waals surface area contributed by atoms with Crippen LogP contribution in [0.3, 0.4) is 0 Å². The van der Waals surface area contributed by atoms with Gasteiger partial charge in [-0.3, -0.25) is 9.48 Å². The second-order valence-corrected chi connectivity index (χ2v) is 5.74. The van der Waals surface area contributed by atoms with E-state index in [4.69, 9.17) is 0 Å². The first kappa shape index (κ1) is 15.5. The van der Waals surface area contributed by atoms with Gasteiger partial charge in [-0.15, -0.1) is 0 Å². The lowest BCUT2D eigenvalue weighted by atomic mass is 10.2. The Hall–Kier alpha value is -2.37. The number of piperazine rings is 1. The van der Waals surface area contributed by atoms with Crippen molar-refractivity contribution in [1.82, 2.24) is 14.7 Å². The van der Waals surface area contributed by atoms with E-state index in [0.717, 1.165) is 30.8 Å². The molecule has 1 aliphatic rings. The highest BCUT2D eigenvalue weighted by Crippen LogP contribution is 2.17. The van der Waals surface area contributed by atoms with Crippen molar-refractivity contribution in [3.8, 4) is 0 Å². The minimum Gasteiger partial charge on any atom is -0.368 e. The summed E-state index contributed by atoms with van der Waals surface area (Å²) in [5.41, 5.74) is 2.14. The summed E-state index contributed by atoms with van der Waals surface area (Å²) in [6.45, 7) is 5.23. The Kier molecular flexibility index (Phi) is 4.60. The molecule has 1 aliphatic heterocycles. The second kappa shape index (κ2) is 6.81. The molecule has 1 saturated heterocycles. The van der Waals surface area contributed by atoms with E-state index in [1.165, 1.54) is 12.1 Å². The Balaban J connectivity index is 1.53. The third-order valence-corrected chi connectivity index (χ3v) is 4.22. The van der Waals surface area contributed by atoms with Gasteiger partial charge in [0.15, 0.2) is 0 Å². The second-order valence-electron chi connectivity index (χ2n) is 5.74. The fraction of sp³-hybridized carbons (Fsp3) is 0.412. The standard InChI is InChI=1S/C17H21FN4O/c1-2-14-11-19-22(12-14)13-17(23)21-9-7-20(8-10-21)16-5-3-15(18)4-6-16/h3-6,11-12H,2,7-10,13H2,1H3. The van der Waals surface area contributed by atoms with Crippen LogP contribution in [0.15, 0.2) is 36.7 Å². The summed E-state index contributed by atoms with van der Waals surface area (Å²) in [5, 5.41) is 4.22. The number of hydrogen-bond donors (Lipinski definition) is 0. The van der Waals surface area contributed by atoms with Crippen molar-refractivity contribution >= 4 is 11.6 Å². The molecule has 0 N–H and O–H groups in total. The number of halogens is 1. The molecule has 0 radical (unpaired) electrons. The summed E-state index contributed by atoms with van der Waals surface area (Å²) < 4.78 is 14.7. The molecule has 1 aromatic carbocycles. The van der Waals surface area contributed by atoms with Crippen molar-refractivity contribution < 1.29 is 9.18 Å². The highest BCUT2D eigenvalue weighted by molar-refractivity contribution is 5.76. The zero-order chi connectivity index (χ0) is 16.2. The molecule has 0 spiro atoms. The molecule has 6 heteroatoms. The lowest BCUT2D eigenvalue weighted by Gasteiger charge is -2.36. The number of benzene rings is 1. The van der Waals surface area contributed by atoms with Crippen molar-refractivity contribution in [2.24, 2.45) is 0 Å². The molecule has 0 saturated carbocycles. The predicted octanol–water partition coefficient (Wildman–Crippen LogP) is 1.93. The molecule has 0 unspecified atom stereocenters. The van der Waals surface area contributed by atoms with Gasteiger partial charge in [-0.2, -0.15) is 5.10 Å². The van der Waals surface area contributed by atoms with Crippen molar-refractivity contribution in [2.75, 3.05) is 31.1 Å². The number of carbonyl (C=O) groups excluding carboxylic acids is 1. The van der Waals surface area contributed by atoms with E-state index in [0.29, 0.717) is 13.1 Å². The van der Waals surface area contributed by atoms with Gasteiger partial charge in [-0.25, -0.2) is 4.39 Å². The summed E-state index contributed by atoms with van der Waals surface area (Å²) in [7, 11) is 0. The van der Waals surface area contributed by atoms with Crippen LogP contribution in [0.2, 0.25) is 0 Å². The van der Waals surface area contributed by atoms with E-state index >= 15 is 0 Å². The van der Waals surface area contributed by atoms with E-state index in [9.17, 15) is 9.18 Å². The molecule has 1 amide bonds. The largest absolute Gasteiger partial charge is 0.368 e. The number of aromatic nitrogens is 2. The molecule has 2 heterocycles. The Morgan fingerprint density at radius 2 is 1.87 bits per heavy atom. The highest BCUT2D eigenvalue weighted by Gasteiger charge is 2.21. The first-order valence-corrected chi connectivity index (χ1v) is 7.95. The minimum absolute atomic E-state index is 0.0921. The molecule has 5 nitrogen and oxygen atoms in total. The van der Waals surface area contributed by atoms with Gasteiger partial charge < -0.3 is 9.80 Å². The number of carbonyl (C=O) groups is 1. The SMILES string of the molecule is CCc1cnn(CC(=O)N2CCN(c3ccc(F)cc3)CC2)c1. The van der Waals surface area contributed by atoms with Gasteiger partial charge in [0.05, 0.1) is 6.20 Å². The maximum Gasteiger partial charge on any atom is 0.244 e. The van der Waals surface area contributed by atoms with Crippen molar-refractivity contribution in [2.45, 2.75) is 19.9 Å². The molecule has 2 aromatic rings. The smallest absolute Gasteiger partial charge is 0.244 e. The van der Waals surface area contributed by atoms with Gasteiger partial charge in [-0.1, -0.05) is 6.92 Å². The van der Waals surface area contributed by atoms with Crippen LogP contribution in [0.5, 0.6) is 0 Å². The molecule has 23 heavy (non-hydrogen) atoms. The van der Waals surface area contributed by atoms with Gasteiger partial charge in [0.2, 0.25) is 5.91 Å². The quantitative estimate of drug-likeness (QED) is 0.865. The van der Waals surface area contributed by atoms with Crippen LogP contribution in [0.4, 0.5) is 10.1 Å². The first-order chi connectivity index (χ1) is 11.2. The van der Waals surface area contributed by atoms with Gasteiger partial charge in [0, 0.05) is 38.1 Å². The number of amides is 1. The lowest BCUT2D eigenvalue weighted by molar-refractivity contribution is -0.132. The van der Waals surface area contributed by atoms with Crippen LogP contribution in [-0.4, -0.2) is 46.8 Å². The van der Waals surface area contributed by atoms with Crippen LogP contribution in [0.25, 0.3) is 0 Å². The fourth-order valence-corrected chi connectivity index (χ4v) is 2.78. The van der Waals surface area contributed by atoms with Gasteiger partial charge in [-0.05, 0) is 36.2 Å². The summed E-state index contributed by atoms with van der Waals surface area (Å²) in [6.07, 6.45) is 4.65. The van der Waals surface area contributed by atoms with Crippen LogP contribution in [0.1, 0.15) is 12.5 Å². The fourth-order valence-electron chi connectivity index (χ4n) is 2.78. The molecule has 3 rings (SSSR count). The molecule has 1 aromatic heterocycles. The van der Waals surface area contributed by atoms with E-state index in [-0.39, 0.29) is 18.3 Å². The van der Waals surface area contributed by atoms with Gasteiger partial charge >= 0.3 is 0 Å². The average molecular weight is 316 g/mol. The average Bonchev–Trinajstić information content (AvgIpc) is 3.03. The third-order valence-electron chi connectivity index (χ3n) is 4.22. The van der Waals surface area contributed by atoms with Crippen molar-refractivity contribution in [1.29, 1.82) is 0 Å². The molecule has 0 atom stereocenters. The predicted molar refractivity (Wildman–Crippen MR) is 86.8 cm³/mol. The monoisotopic (exact) mass is 316 g/mol. The zero-order valence-electron chi connectivity index (χ0n) is 13.3. The van der Waals surface area contributed by atoms with Crippen LogP contribution in [0, 0.1) is 5.82 Å². The van der Waals surface area contributed by atoms with Gasteiger partial charge in [0.25, 0.3) is 0 Å². The number of aryl methyl sites for hydroxylation is 1. The summed E-state index contributed by atoms with van der Waals surface area (Å²) in [4.78, 5) is 16.4. The Labute approximate surface area is 135 Å². The molecular formula is C17H21FN4O. The highest BCUT2D eigenvalue weighted by atomic mass is 19.1. The van der Waals surface area contributed by atoms with Crippen LogP contribution in [-0.2, 0) is 17.8 Å². The molecule has 122 valence electrons. The Morgan fingerprint density at radius 3 is 2.48 bits per heavy atom. The van der Waals surface area contributed by atoms with E-state index < -0.39 is 0 Å². The van der Waals surface area contributed by atoms with E-state index in [1.807, 2.05) is 11.1 Å². The number of nitrogens with zero attached hydrogens (tertiary/aromatic N) is 4. The number of hydrogen-bond acceptors (Lipinski definition) is 3. The molecule has 1 fully saturated rings. The van der Waals surface area contributed by atoms with Gasteiger partial charge in [0.1, 0.15) is 12.4 Å². The maximum absolute atomic E-state index is 13.0. The van der Waals surface area contributed by atoms with Crippen LogP contribution >= 0.6 is 0 Å². The van der Waals surface area contributed by atoms with Crippen LogP contribution < -0.4 is 4.90 Å². The maximum atomic E-state index is 13.0. The summed E-state index contributed by atoms with van der Waals surface area (Å²) in [5.74, 6) is -0.136. The van der Waals surface area contributed by atoms with Crippen molar-refractivity contribution in [3.05, 3.63) is 48.0 Å². The summed E-state index contributed by atoms with van der Waals surface area (Å²) >= 11 is 0. The number of anilines is 1. The minimum atomic E-state index is -0.228. The lowest BCUT2D eigenvalue weighted by Crippen LogP contribution is -2.49. The molecular weight excluding hydrogens is 295 g/mol. The van der Waals surface area contributed by atoms with E-state index in [1.54, 1.807) is 23.0 Å². The zero-order valence-corrected chi connectivity index (χ0v) is 13.3. The normalized spacial score (nSPS) is 15.0. The Bertz CT molecular complexity index is 659. The van der Waals surface area contributed by atoms with E-state index in [2.05, 4.69) is 16.9 Å². The first-order valence-electron chi connectivity index (χ1n) is 7.95. The topological polar surface area (TPSA) is 41.4 Å². The molecule has 0 aliphatic carbocycles. The number of rotatable bonds is 4.